The Morgan fingerprint density at radius 3 is 2.52 bits per heavy atom. The number of aromatic nitrogens is 2. The summed E-state index contributed by atoms with van der Waals surface area (Å²) in [5.41, 5.74) is 3.29. The van der Waals surface area contributed by atoms with Crippen molar-refractivity contribution in [2.45, 2.75) is 70.4 Å². The summed E-state index contributed by atoms with van der Waals surface area (Å²) < 4.78 is 31.0. The van der Waals surface area contributed by atoms with Crippen molar-refractivity contribution in [1.82, 2.24) is 14.5 Å². The van der Waals surface area contributed by atoms with E-state index in [0.29, 0.717) is 16.3 Å². The molecule has 2 aromatic rings. The van der Waals surface area contributed by atoms with Crippen LogP contribution >= 0.6 is 0 Å². The number of rotatable bonds is 3. The van der Waals surface area contributed by atoms with Gasteiger partial charge in [0.2, 0.25) is 10.0 Å². The van der Waals surface area contributed by atoms with Crippen LogP contribution in [0.1, 0.15) is 62.2 Å². The van der Waals surface area contributed by atoms with E-state index in [2.05, 4.69) is 15.9 Å². The Bertz CT molecular complexity index is 892. The molecule has 0 aliphatic heterocycles. The number of aryl methyl sites for hydroxylation is 2. The number of fused-ring (bicyclic) bond motifs is 1. The quantitative estimate of drug-likeness (QED) is 0.908. The molecule has 1 aliphatic rings. The van der Waals surface area contributed by atoms with E-state index >= 15 is 0 Å². The van der Waals surface area contributed by atoms with Gasteiger partial charge in [0.05, 0.1) is 16.9 Å². The van der Waals surface area contributed by atoms with E-state index in [4.69, 9.17) is 0 Å². The summed E-state index contributed by atoms with van der Waals surface area (Å²) in [6, 6.07) is 7.92. The van der Waals surface area contributed by atoms with Gasteiger partial charge in [-0.05, 0) is 65.0 Å². The average Bonchev–Trinajstić information content (AvgIpc) is 2.83. The molecular formula is C19H27N3O2S. The number of hydrogen-bond acceptors (Lipinski definition) is 3. The molecule has 0 saturated carbocycles. The van der Waals surface area contributed by atoms with E-state index in [1.54, 1.807) is 11.6 Å². The number of nitrogens with zero attached hydrogens (tertiary/aromatic N) is 2. The second-order valence-electron chi connectivity index (χ2n) is 7.85. The van der Waals surface area contributed by atoms with Gasteiger partial charge in [0.15, 0.2) is 0 Å². The molecule has 1 heterocycles. The van der Waals surface area contributed by atoms with Crippen molar-refractivity contribution in [2.24, 2.45) is 0 Å². The number of sulfonamides is 1. The third-order valence-corrected chi connectivity index (χ3v) is 6.52. The first-order valence-electron chi connectivity index (χ1n) is 8.78. The molecule has 6 heteroatoms. The van der Waals surface area contributed by atoms with Crippen molar-refractivity contribution in [1.29, 1.82) is 0 Å². The van der Waals surface area contributed by atoms with Crippen molar-refractivity contribution in [2.75, 3.05) is 0 Å². The van der Waals surface area contributed by atoms with Gasteiger partial charge in [-0.1, -0.05) is 24.3 Å². The minimum Gasteiger partial charge on any atom is -0.263 e. The molecule has 0 bridgehead atoms. The second kappa shape index (κ2) is 6.25. The van der Waals surface area contributed by atoms with Crippen molar-refractivity contribution in [3.8, 4) is 0 Å². The molecule has 25 heavy (non-hydrogen) atoms. The standard InChI is InChI=1S/C19H27N3O2S/c1-13-18(14(2)22(20-13)19(3,4)5)25(23,24)21-17-12-8-10-15-9-6-7-11-16(15)17/h6-7,9,11,17,21H,8,10,12H2,1-5H3. The van der Waals surface area contributed by atoms with E-state index < -0.39 is 10.0 Å². The molecule has 1 unspecified atom stereocenters. The highest BCUT2D eigenvalue weighted by molar-refractivity contribution is 7.89. The summed E-state index contributed by atoms with van der Waals surface area (Å²) in [4.78, 5) is 0.311. The second-order valence-corrected chi connectivity index (χ2v) is 9.50. The Morgan fingerprint density at radius 2 is 1.88 bits per heavy atom. The van der Waals surface area contributed by atoms with Crippen LogP contribution in [0.25, 0.3) is 0 Å². The minimum atomic E-state index is -3.64. The Kier molecular flexibility index (Phi) is 4.54. The first-order chi connectivity index (χ1) is 11.6. The molecule has 3 rings (SSSR count). The number of benzene rings is 1. The third-order valence-electron chi connectivity index (χ3n) is 4.80. The van der Waals surface area contributed by atoms with E-state index in [-0.39, 0.29) is 11.6 Å². The van der Waals surface area contributed by atoms with Crippen LogP contribution in [0.4, 0.5) is 0 Å². The fourth-order valence-electron chi connectivity index (χ4n) is 3.79. The van der Waals surface area contributed by atoms with Crippen LogP contribution in [-0.2, 0) is 22.0 Å². The summed E-state index contributed by atoms with van der Waals surface area (Å²) in [5.74, 6) is 0. The Labute approximate surface area is 150 Å². The molecule has 0 fully saturated rings. The van der Waals surface area contributed by atoms with Gasteiger partial charge in [0.25, 0.3) is 0 Å². The van der Waals surface area contributed by atoms with Gasteiger partial charge in [0, 0.05) is 6.04 Å². The summed E-state index contributed by atoms with van der Waals surface area (Å²) in [6.07, 6.45) is 2.82. The normalized spacial score (nSPS) is 18.2. The summed E-state index contributed by atoms with van der Waals surface area (Å²) in [5, 5.41) is 4.48. The lowest BCUT2D eigenvalue weighted by Gasteiger charge is -2.26. The van der Waals surface area contributed by atoms with Crippen LogP contribution in [0.5, 0.6) is 0 Å². The van der Waals surface area contributed by atoms with Gasteiger partial charge in [-0.15, -0.1) is 0 Å². The van der Waals surface area contributed by atoms with Crippen LogP contribution in [0, 0.1) is 13.8 Å². The Balaban J connectivity index is 1.98. The molecule has 1 atom stereocenters. The summed E-state index contributed by atoms with van der Waals surface area (Å²) in [7, 11) is -3.64. The largest absolute Gasteiger partial charge is 0.263 e. The third kappa shape index (κ3) is 3.37. The van der Waals surface area contributed by atoms with Crippen molar-refractivity contribution >= 4 is 10.0 Å². The van der Waals surface area contributed by atoms with E-state index in [9.17, 15) is 8.42 Å². The first-order valence-corrected chi connectivity index (χ1v) is 10.3. The predicted octanol–water partition coefficient (Wildman–Crippen LogP) is 3.61. The van der Waals surface area contributed by atoms with Crippen molar-refractivity contribution < 1.29 is 8.42 Å². The smallest absolute Gasteiger partial charge is 0.244 e. The van der Waals surface area contributed by atoms with Gasteiger partial charge >= 0.3 is 0 Å². The predicted molar refractivity (Wildman–Crippen MR) is 99.1 cm³/mol. The van der Waals surface area contributed by atoms with Gasteiger partial charge in [0.1, 0.15) is 4.90 Å². The highest BCUT2D eigenvalue weighted by Gasteiger charge is 2.31. The SMILES string of the molecule is Cc1nn(C(C)(C)C)c(C)c1S(=O)(=O)NC1CCCc2ccccc21. The fourth-order valence-corrected chi connectivity index (χ4v) is 5.44. The van der Waals surface area contributed by atoms with Gasteiger partial charge < -0.3 is 0 Å². The van der Waals surface area contributed by atoms with Crippen LogP contribution < -0.4 is 4.72 Å². The molecular weight excluding hydrogens is 334 g/mol. The van der Waals surface area contributed by atoms with Gasteiger partial charge in [-0.25, -0.2) is 13.1 Å². The molecule has 0 radical (unpaired) electrons. The molecule has 0 spiro atoms. The molecule has 5 nitrogen and oxygen atoms in total. The molecule has 1 aromatic carbocycles. The van der Waals surface area contributed by atoms with Crippen LogP contribution in [0.3, 0.4) is 0 Å². The maximum absolute atomic E-state index is 13.1. The molecule has 1 aliphatic carbocycles. The average molecular weight is 362 g/mol. The molecule has 0 saturated heterocycles. The summed E-state index contributed by atoms with van der Waals surface area (Å²) in [6.45, 7) is 9.65. The first kappa shape index (κ1) is 18.1. The zero-order valence-electron chi connectivity index (χ0n) is 15.6. The highest BCUT2D eigenvalue weighted by Crippen LogP contribution is 2.32. The van der Waals surface area contributed by atoms with E-state index in [1.807, 2.05) is 45.9 Å². The monoisotopic (exact) mass is 361 g/mol. The van der Waals surface area contributed by atoms with Crippen LogP contribution in [0.15, 0.2) is 29.2 Å². The lowest BCUT2D eigenvalue weighted by atomic mass is 9.88. The maximum atomic E-state index is 13.1. The fraction of sp³-hybridized carbons (Fsp3) is 0.526. The zero-order chi connectivity index (χ0) is 18.4. The summed E-state index contributed by atoms with van der Waals surface area (Å²) >= 11 is 0. The van der Waals surface area contributed by atoms with Crippen molar-refractivity contribution in [3.63, 3.8) is 0 Å². The number of nitrogens with one attached hydrogen (secondary N) is 1. The van der Waals surface area contributed by atoms with Gasteiger partial charge in [-0.2, -0.15) is 5.10 Å². The maximum Gasteiger partial charge on any atom is 0.244 e. The van der Waals surface area contributed by atoms with Gasteiger partial charge in [-0.3, -0.25) is 4.68 Å². The molecule has 1 N–H and O–H groups in total. The molecule has 136 valence electrons. The van der Waals surface area contributed by atoms with Crippen LogP contribution in [-0.4, -0.2) is 18.2 Å². The highest BCUT2D eigenvalue weighted by atomic mass is 32.2. The van der Waals surface area contributed by atoms with Crippen LogP contribution in [0.2, 0.25) is 0 Å². The van der Waals surface area contributed by atoms with Crippen molar-refractivity contribution in [3.05, 3.63) is 46.8 Å². The zero-order valence-corrected chi connectivity index (χ0v) is 16.4. The minimum absolute atomic E-state index is 0.174. The molecule has 1 aromatic heterocycles. The van der Waals surface area contributed by atoms with E-state index in [1.165, 1.54) is 5.56 Å². The molecule has 0 amide bonds. The van der Waals surface area contributed by atoms with E-state index in [0.717, 1.165) is 24.8 Å². The Morgan fingerprint density at radius 1 is 1.20 bits per heavy atom. The lowest BCUT2D eigenvalue weighted by molar-refractivity contribution is 0.345. The Hall–Kier alpha value is -1.66. The number of hydrogen-bond donors (Lipinski definition) is 1. The lowest BCUT2D eigenvalue weighted by Crippen LogP contribution is -2.32. The topological polar surface area (TPSA) is 64.0 Å².